The molecule has 1 fully saturated rings. The first kappa shape index (κ1) is 17.6. The Bertz CT molecular complexity index is 925. The molecule has 2 aromatic heterocycles. The number of hydrogen-bond acceptors (Lipinski definition) is 2. The van der Waals surface area contributed by atoms with Crippen LogP contribution in [0.15, 0.2) is 54.9 Å². The maximum Gasteiger partial charge on any atom is 0.270 e. The molecule has 0 unspecified atom stereocenters. The Morgan fingerprint density at radius 1 is 1.19 bits per heavy atom. The zero-order valence-corrected chi connectivity index (χ0v) is 16.0. The molecular weight excluding hydrogens is 336 g/mol. The number of likely N-dealkylation sites (tertiary alicyclic amines) is 1. The van der Waals surface area contributed by atoms with Crippen LogP contribution in [0.5, 0.6) is 0 Å². The summed E-state index contributed by atoms with van der Waals surface area (Å²) in [5.41, 5.74) is 2.93. The molecule has 0 N–H and O–H groups in total. The number of amides is 1. The Hall–Kier alpha value is -2.82. The number of carbonyl (C=O) groups is 1. The quantitative estimate of drug-likeness (QED) is 0.706. The van der Waals surface area contributed by atoms with E-state index < -0.39 is 0 Å². The van der Waals surface area contributed by atoms with Gasteiger partial charge in [0.25, 0.3) is 5.91 Å². The SMILES string of the molecule is CCn1ccnc1[C@H]1CCCN(C(=O)c2ccc(-c3ccccc3)n2C)C1. The highest BCUT2D eigenvalue weighted by atomic mass is 16.2. The van der Waals surface area contributed by atoms with Crippen LogP contribution in [-0.2, 0) is 13.6 Å². The summed E-state index contributed by atoms with van der Waals surface area (Å²) in [7, 11) is 1.97. The van der Waals surface area contributed by atoms with E-state index in [1.54, 1.807) is 0 Å². The molecule has 0 radical (unpaired) electrons. The molecule has 0 saturated carbocycles. The molecule has 4 rings (SSSR count). The van der Waals surface area contributed by atoms with E-state index in [4.69, 9.17) is 0 Å². The molecule has 5 nitrogen and oxygen atoms in total. The lowest BCUT2D eigenvalue weighted by Gasteiger charge is -2.32. The van der Waals surface area contributed by atoms with Crippen LogP contribution in [0.1, 0.15) is 42.0 Å². The third kappa shape index (κ3) is 3.29. The van der Waals surface area contributed by atoms with Gasteiger partial charge in [-0.25, -0.2) is 4.98 Å². The highest BCUT2D eigenvalue weighted by molar-refractivity contribution is 5.94. The summed E-state index contributed by atoms with van der Waals surface area (Å²) in [5.74, 6) is 1.53. The van der Waals surface area contributed by atoms with Crippen molar-refractivity contribution >= 4 is 5.91 Å². The van der Waals surface area contributed by atoms with Crippen LogP contribution in [0.2, 0.25) is 0 Å². The fourth-order valence-corrected chi connectivity index (χ4v) is 4.11. The molecule has 1 atom stereocenters. The number of benzene rings is 1. The zero-order valence-electron chi connectivity index (χ0n) is 16.0. The van der Waals surface area contributed by atoms with Crippen molar-refractivity contribution in [2.24, 2.45) is 7.05 Å². The summed E-state index contributed by atoms with van der Waals surface area (Å²) in [4.78, 5) is 19.8. The predicted octanol–water partition coefficient (Wildman–Crippen LogP) is 3.93. The molecule has 1 aromatic carbocycles. The Morgan fingerprint density at radius 2 is 2.00 bits per heavy atom. The first-order valence-electron chi connectivity index (χ1n) is 9.70. The fourth-order valence-electron chi connectivity index (χ4n) is 4.11. The molecule has 5 heteroatoms. The zero-order chi connectivity index (χ0) is 18.8. The second kappa shape index (κ2) is 7.43. The van der Waals surface area contributed by atoms with Gasteiger partial charge in [0.15, 0.2) is 0 Å². The molecule has 0 aliphatic carbocycles. The summed E-state index contributed by atoms with van der Waals surface area (Å²) >= 11 is 0. The molecule has 140 valence electrons. The maximum absolute atomic E-state index is 13.2. The normalized spacial score (nSPS) is 17.3. The summed E-state index contributed by atoms with van der Waals surface area (Å²) in [5, 5.41) is 0. The van der Waals surface area contributed by atoms with Crippen LogP contribution in [-0.4, -0.2) is 38.0 Å². The number of carbonyl (C=O) groups excluding carboxylic acids is 1. The van der Waals surface area contributed by atoms with E-state index in [0.717, 1.165) is 55.3 Å². The van der Waals surface area contributed by atoms with Gasteiger partial charge < -0.3 is 14.0 Å². The Morgan fingerprint density at radius 3 is 2.78 bits per heavy atom. The minimum atomic E-state index is 0.110. The van der Waals surface area contributed by atoms with E-state index in [9.17, 15) is 4.79 Å². The molecule has 1 aliphatic heterocycles. The van der Waals surface area contributed by atoms with Crippen LogP contribution >= 0.6 is 0 Å². The largest absolute Gasteiger partial charge is 0.340 e. The average molecular weight is 362 g/mol. The molecule has 0 bridgehead atoms. The summed E-state index contributed by atoms with van der Waals surface area (Å²) < 4.78 is 4.20. The lowest BCUT2D eigenvalue weighted by Crippen LogP contribution is -2.40. The monoisotopic (exact) mass is 362 g/mol. The smallest absolute Gasteiger partial charge is 0.270 e. The predicted molar refractivity (Wildman–Crippen MR) is 107 cm³/mol. The molecule has 1 aliphatic rings. The van der Waals surface area contributed by atoms with Crippen molar-refractivity contribution < 1.29 is 4.79 Å². The standard InChI is InChI=1S/C22H26N4O/c1-3-25-15-13-23-21(25)18-10-7-14-26(16-18)22(27)20-12-11-19(24(20)2)17-8-5-4-6-9-17/h4-6,8-9,11-13,15,18H,3,7,10,14,16H2,1-2H3/t18-/m0/s1. The number of aryl methyl sites for hydroxylation is 1. The van der Waals surface area contributed by atoms with Gasteiger partial charge in [0.1, 0.15) is 11.5 Å². The van der Waals surface area contributed by atoms with Crippen molar-refractivity contribution in [3.05, 3.63) is 66.4 Å². The van der Waals surface area contributed by atoms with Gasteiger partial charge in [-0.15, -0.1) is 0 Å². The van der Waals surface area contributed by atoms with Crippen molar-refractivity contribution in [3.8, 4) is 11.3 Å². The van der Waals surface area contributed by atoms with Crippen molar-refractivity contribution in [2.75, 3.05) is 13.1 Å². The minimum Gasteiger partial charge on any atom is -0.340 e. The van der Waals surface area contributed by atoms with Crippen LogP contribution < -0.4 is 0 Å². The molecule has 3 aromatic rings. The second-order valence-electron chi connectivity index (χ2n) is 7.19. The molecule has 1 amide bonds. The number of nitrogens with zero attached hydrogens (tertiary/aromatic N) is 4. The average Bonchev–Trinajstić information content (AvgIpc) is 3.34. The lowest BCUT2D eigenvalue weighted by atomic mass is 9.97. The summed E-state index contributed by atoms with van der Waals surface area (Å²) in [6.07, 6.45) is 5.99. The van der Waals surface area contributed by atoms with Crippen LogP contribution in [0, 0.1) is 0 Å². The van der Waals surface area contributed by atoms with Crippen LogP contribution in [0.4, 0.5) is 0 Å². The molecule has 3 heterocycles. The highest BCUT2D eigenvalue weighted by Crippen LogP contribution is 2.28. The lowest BCUT2D eigenvalue weighted by molar-refractivity contribution is 0.0694. The highest BCUT2D eigenvalue weighted by Gasteiger charge is 2.29. The van der Waals surface area contributed by atoms with Gasteiger partial charge in [0.2, 0.25) is 0 Å². The third-order valence-electron chi connectivity index (χ3n) is 5.57. The van der Waals surface area contributed by atoms with Gasteiger partial charge in [0, 0.05) is 50.7 Å². The topological polar surface area (TPSA) is 43.1 Å². The van der Waals surface area contributed by atoms with Crippen molar-refractivity contribution in [3.63, 3.8) is 0 Å². The number of hydrogen-bond donors (Lipinski definition) is 0. The molecule has 27 heavy (non-hydrogen) atoms. The van der Waals surface area contributed by atoms with Crippen LogP contribution in [0.3, 0.4) is 0 Å². The van der Waals surface area contributed by atoms with Crippen molar-refractivity contribution in [1.82, 2.24) is 19.0 Å². The van der Waals surface area contributed by atoms with E-state index in [1.807, 2.05) is 59.2 Å². The number of aromatic nitrogens is 3. The molecular formula is C22H26N4O. The van der Waals surface area contributed by atoms with Gasteiger partial charge in [-0.1, -0.05) is 30.3 Å². The number of imidazole rings is 1. The van der Waals surface area contributed by atoms with Gasteiger partial charge in [-0.3, -0.25) is 4.79 Å². The van der Waals surface area contributed by atoms with E-state index in [1.165, 1.54) is 0 Å². The van der Waals surface area contributed by atoms with Gasteiger partial charge in [-0.2, -0.15) is 0 Å². The van der Waals surface area contributed by atoms with Gasteiger partial charge in [0.05, 0.1) is 0 Å². The Balaban J connectivity index is 1.55. The van der Waals surface area contributed by atoms with Crippen molar-refractivity contribution in [2.45, 2.75) is 32.2 Å². The second-order valence-corrected chi connectivity index (χ2v) is 7.19. The van der Waals surface area contributed by atoms with E-state index in [0.29, 0.717) is 5.92 Å². The fraction of sp³-hybridized carbons (Fsp3) is 0.364. The number of piperidine rings is 1. The van der Waals surface area contributed by atoms with Crippen LogP contribution in [0.25, 0.3) is 11.3 Å². The van der Waals surface area contributed by atoms with Crippen molar-refractivity contribution in [1.29, 1.82) is 0 Å². The van der Waals surface area contributed by atoms with E-state index >= 15 is 0 Å². The summed E-state index contributed by atoms with van der Waals surface area (Å²) in [6, 6.07) is 14.2. The molecule has 1 saturated heterocycles. The first-order valence-corrected chi connectivity index (χ1v) is 9.70. The minimum absolute atomic E-state index is 0.110. The maximum atomic E-state index is 13.2. The van der Waals surface area contributed by atoms with Gasteiger partial charge in [-0.05, 0) is 37.5 Å². The Labute approximate surface area is 160 Å². The Kier molecular flexibility index (Phi) is 4.84. The summed E-state index contributed by atoms with van der Waals surface area (Å²) in [6.45, 7) is 4.60. The van der Waals surface area contributed by atoms with Gasteiger partial charge >= 0.3 is 0 Å². The third-order valence-corrected chi connectivity index (χ3v) is 5.57. The first-order chi connectivity index (χ1) is 13.2. The molecule has 0 spiro atoms. The van der Waals surface area contributed by atoms with E-state index in [2.05, 4.69) is 28.6 Å². The van der Waals surface area contributed by atoms with E-state index in [-0.39, 0.29) is 5.91 Å². The number of rotatable bonds is 4.